The van der Waals surface area contributed by atoms with E-state index in [0.717, 1.165) is 24.4 Å². The number of nitrogens with one attached hydrogen (secondary N) is 2. The van der Waals surface area contributed by atoms with Crippen LogP contribution in [0.4, 0.5) is 9.52 Å². The van der Waals surface area contributed by atoms with Crippen LogP contribution in [0.1, 0.15) is 15.9 Å². The molecule has 5 aromatic rings. The van der Waals surface area contributed by atoms with Crippen LogP contribution >= 0.6 is 23.1 Å². The molecule has 1 aliphatic rings. The fraction of sp³-hybridized carbons (Fsp3) is 0.259. The predicted molar refractivity (Wildman–Crippen MR) is 154 cm³/mol. The van der Waals surface area contributed by atoms with Crippen LogP contribution < -0.4 is 16.4 Å². The maximum absolute atomic E-state index is 14.0. The van der Waals surface area contributed by atoms with E-state index in [1.165, 1.54) is 28.3 Å². The molecule has 0 bridgehead atoms. The van der Waals surface area contributed by atoms with Crippen molar-refractivity contribution in [3.05, 3.63) is 87.5 Å². The Bertz CT molecular complexity index is 1870. The predicted octanol–water partition coefficient (Wildman–Crippen LogP) is 3.00. The van der Waals surface area contributed by atoms with E-state index in [-0.39, 0.29) is 32.9 Å². The molecule has 0 spiro atoms. The zero-order valence-corrected chi connectivity index (χ0v) is 23.4. The molecule has 0 unspecified atom stereocenters. The fourth-order valence-electron chi connectivity index (χ4n) is 4.58. The summed E-state index contributed by atoms with van der Waals surface area (Å²) in [5, 5.41) is 20.3. The molecule has 14 heteroatoms. The van der Waals surface area contributed by atoms with Gasteiger partial charge in [-0.05, 0) is 29.8 Å². The van der Waals surface area contributed by atoms with Crippen molar-refractivity contribution in [1.82, 2.24) is 29.0 Å². The van der Waals surface area contributed by atoms with Crippen LogP contribution in [0.2, 0.25) is 0 Å². The summed E-state index contributed by atoms with van der Waals surface area (Å²) in [6.45, 7) is 3.76. The number of hydrogen-bond donors (Lipinski definition) is 2. The summed E-state index contributed by atoms with van der Waals surface area (Å²) < 4.78 is 23.0. The second-order valence-corrected chi connectivity index (χ2v) is 11.5. The van der Waals surface area contributed by atoms with Crippen molar-refractivity contribution in [2.45, 2.75) is 16.6 Å². The van der Waals surface area contributed by atoms with Gasteiger partial charge in [0.15, 0.2) is 4.34 Å². The van der Waals surface area contributed by atoms with Gasteiger partial charge in [0.2, 0.25) is 5.13 Å². The van der Waals surface area contributed by atoms with Gasteiger partial charge in [0.1, 0.15) is 22.6 Å². The smallest absolute Gasteiger partial charge is 0.267 e. The van der Waals surface area contributed by atoms with Gasteiger partial charge in [-0.3, -0.25) is 29.6 Å². The molecular weight excluding hydrogens is 567 g/mol. The second kappa shape index (κ2) is 11.9. The lowest BCUT2D eigenvalue weighted by Gasteiger charge is -2.27. The molecular formula is C27H25FN8O3S2. The average molecular weight is 593 g/mol. The number of anilines is 1. The number of rotatable bonds is 8. The number of ether oxygens (including phenoxy) is 1. The van der Waals surface area contributed by atoms with Gasteiger partial charge < -0.3 is 9.30 Å². The highest BCUT2D eigenvalue weighted by Gasteiger charge is 2.20. The second-order valence-electron chi connectivity index (χ2n) is 9.30. The molecule has 5 heterocycles. The van der Waals surface area contributed by atoms with E-state index in [1.807, 2.05) is 0 Å². The molecule has 0 atom stereocenters. The summed E-state index contributed by atoms with van der Waals surface area (Å²) in [5.74, 6) is -0.515. The minimum atomic E-state index is -0.587. The van der Waals surface area contributed by atoms with Crippen molar-refractivity contribution in [3.8, 4) is 0 Å². The number of carbonyl (C=O) groups excluding carboxylic acids is 1. The van der Waals surface area contributed by atoms with Crippen LogP contribution in [0.5, 0.6) is 0 Å². The van der Waals surface area contributed by atoms with Gasteiger partial charge in [0, 0.05) is 38.1 Å². The van der Waals surface area contributed by atoms with E-state index in [0.29, 0.717) is 53.3 Å². The summed E-state index contributed by atoms with van der Waals surface area (Å²) in [6, 6.07) is 13.2. The van der Waals surface area contributed by atoms with Crippen molar-refractivity contribution >= 4 is 50.8 Å². The lowest BCUT2D eigenvalue weighted by Crippen LogP contribution is -2.40. The normalized spacial score (nSPS) is 14.1. The van der Waals surface area contributed by atoms with E-state index < -0.39 is 5.91 Å². The van der Waals surface area contributed by atoms with Crippen molar-refractivity contribution < 1.29 is 13.9 Å². The van der Waals surface area contributed by atoms with Crippen LogP contribution in [0, 0.1) is 11.2 Å². The van der Waals surface area contributed by atoms with Crippen molar-refractivity contribution in [1.29, 1.82) is 5.41 Å². The Morgan fingerprint density at radius 2 is 1.93 bits per heavy atom. The summed E-state index contributed by atoms with van der Waals surface area (Å²) in [6.07, 6.45) is 1.62. The molecule has 0 aliphatic carbocycles. The molecule has 1 saturated heterocycles. The number of hydrogen-bond acceptors (Lipinski definition) is 10. The van der Waals surface area contributed by atoms with Crippen LogP contribution in [-0.4, -0.2) is 67.8 Å². The molecule has 4 aromatic heterocycles. The monoisotopic (exact) mass is 592 g/mol. The molecule has 41 heavy (non-hydrogen) atoms. The first-order valence-electron chi connectivity index (χ1n) is 12.9. The summed E-state index contributed by atoms with van der Waals surface area (Å²) in [4.78, 5) is 33.8. The van der Waals surface area contributed by atoms with Crippen molar-refractivity contribution in [2.75, 3.05) is 38.2 Å². The zero-order chi connectivity index (χ0) is 28.3. The van der Waals surface area contributed by atoms with E-state index in [9.17, 15) is 14.0 Å². The molecule has 210 valence electrons. The Morgan fingerprint density at radius 3 is 2.76 bits per heavy atom. The number of morpholine rings is 1. The highest BCUT2D eigenvalue weighted by Crippen LogP contribution is 2.29. The average Bonchev–Trinajstić information content (AvgIpc) is 3.44. The van der Waals surface area contributed by atoms with Crippen LogP contribution in [0.3, 0.4) is 0 Å². The van der Waals surface area contributed by atoms with Crippen molar-refractivity contribution in [2.24, 2.45) is 0 Å². The quantitative estimate of drug-likeness (QED) is 0.160. The first kappa shape index (κ1) is 27.2. The highest BCUT2D eigenvalue weighted by atomic mass is 32.2. The minimum Gasteiger partial charge on any atom is -0.379 e. The SMILES string of the molecule is N=c1c(C(=O)Nc2nnc(SCc3ccccc3F)s2)cc2c(=O)n3ccccc3nc2n1CCN1CCOCC1. The van der Waals surface area contributed by atoms with E-state index in [1.54, 1.807) is 47.2 Å². The van der Waals surface area contributed by atoms with Crippen LogP contribution in [-0.2, 0) is 17.0 Å². The first-order valence-corrected chi connectivity index (χ1v) is 14.7. The van der Waals surface area contributed by atoms with Gasteiger partial charge in [0.05, 0.1) is 24.2 Å². The van der Waals surface area contributed by atoms with Gasteiger partial charge in [0.25, 0.3) is 11.5 Å². The maximum Gasteiger partial charge on any atom is 0.267 e. The highest BCUT2D eigenvalue weighted by molar-refractivity contribution is 8.00. The van der Waals surface area contributed by atoms with E-state index >= 15 is 0 Å². The molecule has 2 N–H and O–H groups in total. The molecule has 6 rings (SSSR count). The molecule has 1 aromatic carbocycles. The Morgan fingerprint density at radius 1 is 1.12 bits per heavy atom. The number of benzene rings is 1. The summed E-state index contributed by atoms with van der Waals surface area (Å²) >= 11 is 2.46. The maximum atomic E-state index is 14.0. The fourth-order valence-corrected chi connectivity index (χ4v) is 6.32. The lowest BCUT2D eigenvalue weighted by atomic mass is 10.2. The number of pyridine rings is 2. The topological polar surface area (TPSA) is 130 Å². The summed E-state index contributed by atoms with van der Waals surface area (Å²) in [5.41, 5.74) is 0.971. The van der Waals surface area contributed by atoms with Gasteiger partial charge in [-0.25, -0.2) is 9.37 Å². The van der Waals surface area contributed by atoms with E-state index in [4.69, 9.17) is 10.1 Å². The Labute approximate surface area is 241 Å². The Balaban J connectivity index is 1.30. The minimum absolute atomic E-state index is 0.0185. The Kier molecular flexibility index (Phi) is 7.87. The molecule has 11 nitrogen and oxygen atoms in total. The lowest BCUT2D eigenvalue weighted by molar-refractivity contribution is 0.0363. The molecule has 0 saturated carbocycles. The first-order chi connectivity index (χ1) is 20.0. The third kappa shape index (κ3) is 5.77. The van der Waals surface area contributed by atoms with Gasteiger partial charge >= 0.3 is 0 Å². The Hall–Kier alpha value is -3.98. The number of fused-ring (bicyclic) bond motifs is 2. The molecule has 1 fully saturated rings. The number of amides is 1. The van der Waals surface area contributed by atoms with Gasteiger partial charge in [-0.2, -0.15) is 0 Å². The zero-order valence-electron chi connectivity index (χ0n) is 21.7. The van der Waals surface area contributed by atoms with E-state index in [2.05, 4.69) is 25.4 Å². The molecule has 0 radical (unpaired) electrons. The number of aromatic nitrogens is 5. The number of halogens is 1. The van der Waals surface area contributed by atoms with Crippen molar-refractivity contribution in [3.63, 3.8) is 0 Å². The third-order valence-corrected chi connectivity index (χ3v) is 8.76. The number of nitrogens with zero attached hydrogens (tertiary/aromatic N) is 6. The number of carbonyl (C=O) groups is 1. The number of thioether (sulfide) groups is 1. The largest absolute Gasteiger partial charge is 0.379 e. The molecule has 1 amide bonds. The van der Waals surface area contributed by atoms with Gasteiger partial charge in [-0.1, -0.05) is 47.4 Å². The standard InChI is InChI=1S/C27H25FN8O3S2/c28-20-6-2-1-5-17(20)16-40-27-33-32-26(41-27)31-24(37)18-15-19-23(30-21-7-3-4-8-35(21)25(19)38)36(22(18)29)10-9-34-11-13-39-14-12-34/h1-8,15,29H,9-14,16H2,(H,31,32,37). The third-order valence-electron chi connectivity index (χ3n) is 6.74. The van der Waals surface area contributed by atoms with Crippen LogP contribution in [0.25, 0.3) is 16.7 Å². The van der Waals surface area contributed by atoms with Crippen LogP contribution in [0.15, 0.2) is 63.9 Å². The molecule has 1 aliphatic heterocycles. The van der Waals surface area contributed by atoms with Gasteiger partial charge in [-0.15, -0.1) is 10.2 Å². The summed E-state index contributed by atoms with van der Waals surface area (Å²) in [7, 11) is 0.